The van der Waals surface area contributed by atoms with E-state index in [1.807, 2.05) is 18.2 Å². The Morgan fingerprint density at radius 1 is 1.26 bits per heavy atom. The van der Waals surface area contributed by atoms with Gasteiger partial charge in [0.2, 0.25) is 0 Å². The Labute approximate surface area is 165 Å². The van der Waals surface area contributed by atoms with Gasteiger partial charge >= 0.3 is 0 Å². The highest BCUT2D eigenvalue weighted by molar-refractivity contribution is 6.05. The second kappa shape index (κ2) is 8.19. The summed E-state index contributed by atoms with van der Waals surface area (Å²) in [5.74, 6) is 0.929. The van der Waals surface area contributed by atoms with Gasteiger partial charge in [0.25, 0.3) is 5.91 Å². The number of hydrogen-bond donors (Lipinski definition) is 1. The number of likely N-dealkylation sites (N-methyl/N-ethyl adjacent to an activating group) is 1. The van der Waals surface area contributed by atoms with Gasteiger partial charge < -0.3 is 19.1 Å². The van der Waals surface area contributed by atoms with Crippen LogP contribution in [-0.4, -0.2) is 29.9 Å². The Hall–Kier alpha value is -2.24. The maximum Gasteiger partial charge on any atom is 0.258 e. The fourth-order valence-corrected chi connectivity index (χ4v) is 3.99. The van der Waals surface area contributed by atoms with Crippen LogP contribution in [0.5, 0.6) is 0 Å². The van der Waals surface area contributed by atoms with Crippen molar-refractivity contribution in [3.63, 3.8) is 0 Å². The van der Waals surface area contributed by atoms with E-state index in [1.54, 1.807) is 6.07 Å². The van der Waals surface area contributed by atoms with Crippen LogP contribution in [0.1, 0.15) is 41.9 Å². The minimum Gasteiger partial charge on any atom is -0.472 e. The fourth-order valence-electron chi connectivity index (χ4n) is 3.99. The second-order valence-corrected chi connectivity index (χ2v) is 6.80. The van der Waals surface area contributed by atoms with Crippen LogP contribution >= 0.6 is 12.4 Å². The number of carbonyl (C=O) groups excluding carboxylic acids is 1. The number of carbonyl (C=O) groups is 1. The van der Waals surface area contributed by atoms with E-state index in [0.717, 1.165) is 54.8 Å². The third-order valence-electron chi connectivity index (χ3n) is 5.39. The number of furan rings is 2. The molecule has 6 heteroatoms. The predicted octanol–water partition coefficient (Wildman–Crippen LogP) is 4.90. The average Bonchev–Trinajstić information content (AvgIpc) is 3.30. The molecule has 27 heavy (non-hydrogen) atoms. The summed E-state index contributed by atoms with van der Waals surface area (Å²) in [7, 11) is 0. The number of fused-ring (bicyclic) bond motifs is 3. The Kier molecular flexibility index (Phi) is 5.92. The van der Waals surface area contributed by atoms with Crippen molar-refractivity contribution in [1.82, 2.24) is 4.90 Å². The topological polar surface area (TPSA) is 58.6 Å². The lowest BCUT2D eigenvalue weighted by molar-refractivity contribution is 0.102. The van der Waals surface area contributed by atoms with Gasteiger partial charge in [-0.25, -0.2) is 0 Å². The van der Waals surface area contributed by atoms with Crippen molar-refractivity contribution in [2.75, 3.05) is 18.4 Å². The number of hydrogen-bond acceptors (Lipinski definition) is 4. The van der Waals surface area contributed by atoms with E-state index in [0.29, 0.717) is 11.6 Å². The molecule has 3 aromatic rings. The first-order chi connectivity index (χ1) is 12.7. The summed E-state index contributed by atoms with van der Waals surface area (Å²) in [6.45, 7) is 6.57. The Bertz CT molecular complexity index is 913. The van der Waals surface area contributed by atoms with Crippen molar-refractivity contribution >= 4 is 35.0 Å². The number of rotatable bonds is 5. The van der Waals surface area contributed by atoms with Gasteiger partial charge in [-0.1, -0.05) is 13.8 Å². The molecule has 0 saturated carbocycles. The Morgan fingerprint density at radius 2 is 2.07 bits per heavy atom. The maximum absolute atomic E-state index is 12.3. The van der Waals surface area contributed by atoms with E-state index in [4.69, 9.17) is 8.83 Å². The number of nitrogens with one attached hydrogen (secondary N) is 1. The summed E-state index contributed by atoms with van der Waals surface area (Å²) in [6, 6.07) is 8.08. The smallest absolute Gasteiger partial charge is 0.258 e. The Balaban J connectivity index is 0.00000210. The number of halogens is 1. The van der Waals surface area contributed by atoms with Crippen LogP contribution in [0.4, 0.5) is 5.69 Å². The predicted molar refractivity (Wildman–Crippen MR) is 109 cm³/mol. The van der Waals surface area contributed by atoms with Crippen molar-refractivity contribution in [2.24, 2.45) is 0 Å². The quantitative estimate of drug-likeness (QED) is 0.675. The van der Waals surface area contributed by atoms with Crippen LogP contribution in [0.25, 0.3) is 11.0 Å². The molecule has 1 N–H and O–H groups in total. The molecule has 0 bridgehead atoms. The molecule has 4 rings (SSSR count). The summed E-state index contributed by atoms with van der Waals surface area (Å²) in [4.78, 5) is 14.8. The van der Waals surface area contributed by atoms with Crippen LogP contribution in [0.15, 0.2) is 45.6 Å². The molecule has 2 aromatic heterocycles. The van der Waals surface area contributed by atoms with Crippen LogP contribution in [0.2, 0.25) is 0 Å². The van der Waals surface area contributed by atoms with Gasteiger partial charge in [0.15, 0.2) is 0 Å². The standard InChI is InChI=1S/C21H24N2O3.ClH/c1-3-23(4-2)16-6-8-20-18(12-16)17-11-15(5-7-19(17)26-20)22-21(24)14-9-10-25-13-14;/h5,7,9-11,13,16H,3-4,6,8,12H2,1-2H3,(H,22,24);1H. The van der Waals surface area contributed by atoms with E-state index in [-0.39, 0.29) is 18.3 Å². The molecule has 0 saturated heterocycles. The van der Waals surface area contributed by atoms with Crippen LogP contribution in [-0.2, 0) is 12.8 Å². The van der Waals surface area contributed by atoms with Crippen molar-refractivity contribution < 1.29 is 13.6 Å². The maximum atomic E-state index is 12.3. The summed E-state index contributed by atoms with van der Waals surface area (Å²) >= 11 is 0. The highest BCUT2D eigenvalue weighted by Crippen LogP contribution is 2.35. The fraction of sp³-hybridized carbons (Fsp3) is 0.381. The number of anilines is 1. The zero-order chi connectivity index (χ0) is 18.1. The van der Waals surface area contributed by atoms with Gasteiger partial charge in [-0.05, 0) is 50.2 Å². The van der Waals surface area contributed by atoms with Gasteiger partial charge in [0.1, 0.15) is 17.6 Å². The molecule has 0 aliphatic heterocycles. The second-order valence-electron chi connectivity index (χ2n) is 6.80. The van der Waals surface area contributed by atoms with Crippen LogP contribution in [0, 0.1) is 0 Å². The van der Waals surface area contributed by atoms with Crippen molar-refractivity contribution in [3.8, 4) is 0 Å². The lowest BCUT2D eigenvalue weighted by Crippen LogP contribution is -2.38. The summed E-state index contributed by atoms with van der Waals surface area (Å²) in [5, 5.41) is 4.05. The number of benzene rings is 1. The monoisotopic (exact) mass is 388 g/mol. The number of aryl methyl sites for hydroxylation is 1. The first kappa shape index (κ1) is 19.5. The van der Waals surface area contributed by atoms with Gasteiger partial charge in [-0.3, -0.25) is 4.79 Å². The molecule has 144 valence electrons. The third-order valence-corrected chi connectivity index (χ3v) is 5.39. The molecular formula is C21H25ClN2O3. The lowest BCUT2D eigenvalue weighted by atomic mass is 9.90. The number of nitrogens with zero attached hydrogens (tertiary/aromatic N) is 1. The molecule has 1 atom stereocenters. The molecule has 1 amide bonds. The van der Waals surface area contributed by atoms with E-state index >= 15 is 0 Å². The summed E-state index contributed by atoms with van der Waals surface area (Å²) in [6.07, 6.45) is 6.06. The highest BCUT2D eigenvalue weighted by Gasteiger charge is 2.27. The first-order valence-electron chi connectivity index (χ1n) is 9.31. The molecule has 1 unspecified atom stereocenters. The minimum absolute atomic E-state index is 0. The van der Waals surface area contributed by atoms with Gasteiger partial charge in [0, 0.05) is 29.1 Å². The normalized spacial score (nSPS) is 16.2. The Morgan fingerprint density at radius 3 is 2.78 bits per heavy atom. The lowest BCUT2D eigenvalue weighted by Gasteiger charge is -2.32. The molecule has 1 aliphatic carbocycles. The van der Waals surface area contributed by atoms with E-state index in [9.17, 15) is 4.79 Å². The third kappa shape index (κ3) is 3.75. The molecule has 0 fully saturated rings. The molecule has 2 heterocycles. The molecule has 0 spiro atoms. The zero-order valence-electron chi connectivity index (χ0n) is 15.7. The van der Waals surface area contributed by atoms with Crippen LogP contribution < -0.4 is 5.32 Å². The molecule has 5 nitrogen and oxygen atoms in total. The largest absolute Gasteiger partial charge is 0.472 e. The van der Waals surface area contributed by atoms with Crippen molar-refractivity contribution in [3.05, 3.63) is 53.7 Å². The van der Waals surface area contributed by atoms with Gasteiger partial charge in [-0.2, -0.15) is 0 Å². The molecule has 1 aromatic carbocycles. The zero-order valence-corrected chi connectivity index (χ0v) is 16.5. The molecular weight excluding hydrogens is 364 g/mol. The van der Waals surface area contributed by atoms with Gasteiger partial charge in [0.05, 0.1) is 11.8 Å². The molecule has 1 aliphatic rings. The first-order valence-corrected chi connectivity index (χ1v) is 9.31. The van der Waals surface area contributed by atoms with Crippen LogP contribution in [0.3, 0.4) is 0 Å². The highest BCUT2D eigenvalue weighted by atomic mass is 35.5. The average molecular weight is 389 g/mol. The van der Waals surface area contributed by atoms with E-state index in [2.05, 4.69) is 24.1 Å². The number of amides is 1. The SMILES string of the molecule is CCN(CC)C1CCc2oc3ccc(NC(=O)c4ccoc4)cc3c2C1.Cl. The van der Waals surface area contributed by atoms with Crippen molar-refractivity contribution in [1.29, 1.82) is 0 Å². The minimum atomic E-state index is -0.170. The van der Waals surface area contributed by atoms with Crippen molar-refractivity contribution in [2.45, 2.75) is 39.2 Å². The summed E-state index contributed by atoms with van der Waals surface area (Å²) < 4.78 is 11.1. The van der Waals surface area contributed by atoms with E-state index < -0.39 is 0 Å². The molecule has 0 radical (unpaired) electrons. The van der Waals surface area contributed by atoms with Gasteiger partial charge in [-0.15, -0.1) is 12.4 Å². The van der Waals surface area contributed by atoms with E-state index in [1.165, 1.54) is 18.1 Å². The summed E-state index contributed by atoms with van der Waals surface area (Å²) in [5.41, 5.74) is 3.48.